The van der Waals surface area contributed by atoms with Crippen LogP contribution in [0.3, 0.4) is 0 Å². The average Bonchev–Trinajstić information content (AvgIpc) is 2.29. The Kier molecular flexibility index (Phi) is 5.54. The summed E-state index contributed by atoms with van der Waals surface area (Å²) in [6.07, 6.45) is 11.2. The van der Waals surface area contributed by atoms with E-state index in [0.717, 1.165) is 32.1 Å². The highest BCUT2D eigenvalue weighted by Crippen LogP contribution is 2.30. The van der Waals surface area contributed by atoms with Crippen molar-refractivity contribution in [2.45, 2.75) is 52.1 Å². The molecule has 1 rings (SSSR count). The highest BCUT2D eigenvalue weighted by atomic mass is 16.3. The second kappa shape index (κ2) is 6.70. The van der Waals surface area contributed by atoms with E-state index in [2.05, 4.69) is 25.7 Å². The minimum atomic E-state index is -0.234. The van der Waals surface area contributed by atoms with Gasteiger partial charge in [-0.1, -0.05) is 30.4 Å². The smallest absolute Gasteiger partial charge is 0.0753 e. The predicted molar refractivity (Wildman–Crippen MR) is 70.3 cm³/mol. The number of aliphatic hydroxyl groups is 1. The molecule has 0 fully saturated rings. The van der Waals surface area contributed by atoms with Gasteiger partial charge in [0.25, 0.3) is 0 Å². The van der Waals surface area contributed by atoms with Crippen LogP contribution in [0.2, 0.25) is 0 Å². The molecule has 1 heteroatoms. The quantitative estimate of drug-likeness (QED) is 0.694. The lowest BCUT2D eigenvalue weighted by molar-refractivity contribution is 0.193. The number of aliphatic hydroxyl groups excluding tert-OH is 1. The molecular formula is C15H24O. The molecule has 1 N–H and O–H groups in total. The van der Waals surface area contributed by atoms with Crippen molar-refractivity contribution in [3.63, 3.8) is 0 Å². The fraction of sp³-hybridized carbons (Fsp3) is 0.600. The van der Waals surface area contributed by atoms with Crippen LogP contribution in [0.1, 0.15) is 46.0 Å². The van der Waals surface area contributed by atoms with Gasteiger partial charge < -0.3 is 5.11 Å². The first-order chi connectivity index (χ1) is 7.65. The van der Waals surface area contributed by atoms with Crippen LogP contribution in [0.25, 0.3) is 0 Å². The Balaban J connectivity index is 2.41. The Hall–Kier alpha value is -0.820. The Bertz CT molecular complexity index is 286. The van der Waals surface area contributed by atoms with E-state index in [1.165, 1.54) is 11.1 Å². The lowest BCUT2D eigenvalue weighted by atomic mass is 9.83. The standard InChI is InChI=1S/C15H24O/c1-4-5-6-7-15(16)14-10-8-13(9-11-14)12(2)3/h4-5,10,13,15-16H,2,6-9,11H2,1,3H3/t13-,15?/m1/s1. The maximum atomic E-state index is 10.0. The average molecular weight is 220 g/mol. The van der Waals surface area contributed by atoms with E-state index >= 15 is 0 Å². The summed E-state index contributed by atoms with van der Waals surface area (Å²) in [6.45, 7) is 8.13. The number of hydrogen-bond acceptors (Lipinski definition) is 1. The molecule has 0 saturated heterocycles. The zero-order chi connectivity index (χ0) is 12.0. The third kappa shape index (κ3) is 3.97. The van der Waals surface area contributed by atoms with Crippen molar-refractivity contribution in [1.82, 2.24) is 0 Å². The highest BCUT2D eigenvalue weighted by molar-refractivity contribution is 5.15. The summed E-state index contributed by atoms with van der Waals surface area (Å²) in [7, 11) is 0. The van der Waals surface area contributed by atoms with Crippen molar-refractivity contribution in [1.29, 1.82) is 0 Å². The molecule has 1 aliphatic carbocycles. The predicted octanol–water partition coefficient (Wildman–Crippen LogP) is 4.01. The number of rotatable bonds is 5. The van der Waals surface area contributed by atoms with E-state index in [1.807, 2.05) is 13.0 Å². The van der Waals surface area contributed by atoms with Crippen molar-refractivity contribution < 1.29 is 5.11 Å². The molecule has 0 aromatic carbocycles. The van der Waals surface area contributed by atoms with Crippen LogP contribution in [0, 0.1) is 5.92 Å². The van der Waals surface area contributed by atoms with Gasteiger partial charge in [-0.2, -0.15) is 0 Å². The lowest BCUT2D eigenvalue weighted by Gasteiger charge is -2.24. The third-order valence-corrected chi connectivity index (χ3v) is 3.41. The van der Waals surface area contributed by atoms with Gasteiger partial charge in [0, 0.05) is 0 Å². The fourth-order valence-electron chi connectivity index (χ4n) is 2.21. The zero-order valence-electron chi connectivity index (χ0n) is 10.6. The van der Waals surface area contributed by atoms with E-state index in [-0.39, 0.29) is 6.10 Å². The molecule has 1 aliphatic rings. The molecule has 0 heterocycles. The van der Waals surface area contributed by atoms with Gasteiger partial charge in [0.15, 0.2) is 0 Å². The lowest BCUT2D eigenvalue weighted by Crippen LogP contribution is -2.16. The first kappa shape index (κ1) is 13.2. The van der Waals surface area contributed by atoms with Gasteiger partial charge in [0.1, 0.15) is 0 Å². The van der Waals surface area contributed by atoms with E-state index in [1.54, 1.807) is 0 Å². The second-order valence-electron chi connectivity index (χ2n) is 4.76. The molecule has 0 aromatic rings. The molecule has 0 bridgehead atoms. The Morgan fingerprint density at radius 3 is 2.94 bits per heavy atom. The molecule has 0 amide bonds. The largest absolute Gasteiger partial charge is 0.389 e. The minimum absolute atomic E-state index is 0.234. The summed E-state index contributed by atoms with van der Waals surface area (Å²) in [6, 6.07) is 0. The maximum absolute atomic E-state index is 10.0. The van der Waals surface area contributed by atoms with Gasteiger partial charge in [-0.05, 0) is 57.4 Å². The molecule has 16 heavy (non-hydrogen) atoms. The Labute approximate surface area is 99.6 Å². The highest BCUT2D eigenvalue weighted by Gasteiger charge is 2.18. The third-order valence-electron chi connectivity index (χ3n) is 3.41. The summed E-state index contributed by atoms with van der Waals surface area (Å²) in [5.41, 5.74) is 2.51. The molecule has 90 valence electrons. The van der Waals surface area contributed by atoms with Crippen LogP contribution in [0.15, 0.2) is 36.0 Å². The summed E-state index contributed by atoms with van der Waals surface area (Å²) < 4.78 is 0. The molecule has 1 unspecified atom stereocenters. The van der Waals surface area contributed by atoms with Crippen LogP contribution < -0.4 is 0 Å². The van der Waals surface area contributed by atoms with Gasteiger partial charge in [0.2, 0.25) is 0 Å². The SMILES string of the molecule is C=C(C)[C@@H]1CC=C(C(O)CCC=CC)CC1. The van der Waals surface area contributed by atoms with E-state index < -0.39 is 0 Å². The van der Waals surface area contributed by atoms with Gasteiger partial charge >= 0.3 is 0 Å². The first-order valence-corrected chi connectivity index (χ1v) is 6.28. The van der Waals surface area contributed by atoms with Gasteiger partial charge in [-0.15, -0.1) is 0 Å². The summed E-state index contributed by atoms with van der Waals surface area (Å²) in [5, 5.41) is 10.0. The van der Waals surface area contributed by atoms with E-state index in [0.29, 0.717) is 5.92 Å². The van der Waals surface area contributed by atoms with Crippen LogP contribution in [-0.2, 0) is 0 Å². The molecule has 0 aromatic heterocycles. The Morgan fingerprint density at radius 1 is 1.69 bits per heavy atom. The van der Waals surface area contributed by atoms with Crippen molar-refractivity contribution in [2.75, 3.05) is 0 Å². The molecule has 2 atom stereocenters. The van der Waals surface area contributed by atoms with Crippen molar-refractivity contribution in [3.05, 3.63) is 36.0 Å². The molecule has 0 spiro atoms. The maximum Gasteiger partial charge on any atom is 0.0753 e. The molecular weight excluding hydrogens is 196 g/mol. The molecule has 0 aliphatic heterocycles. The van der Waals surface area contributed by atoms with E-state index in [9.17, 15) is 5.11 Å². The molecule has 0 radical (unpaired) electrons. The summed E-state index contributed by atoms with van der Waals surface area (Å²) in [4.78, 5) is 0. The second-order valence-corrected chi connectivity index (χ2v) is 4.76. The van der Waals surface area contributed by atoms with Crippen molar-refractivity contribution in [2.24, 2.45) is 5.92 Å². The topological polar surface area (TPSA) is 20.2 Å². The van der Waals surface area contributed by atoms with Crippen LogP contribution in [0.5, 0.6) is 0 Å². The van der Waals surface area contributed by atoms with E-state index in [4.69, 9.17) is 0 Å². The van der Waals surface area contributed by atoms with Crippen molar-refractivity contribution in [3.8, 4) is 0 Å². The summed E-state index contributed by atoms with van der Waals surface area (Å²) in [5.74, 6) is 0.631. The van der Waals surface area contributed by atoms with Gasteiger partial charge in [0.05, 0.1) is 6.10 Å². The van der Waals surface area contributed by atoms with Crippen LogP contribution >= 0.6 is 0 Å². The Morgan fingerprint density at radius 2 is 2.44 bits per heavy atom. The van der Waals surface area contributed by atoms with Crippen LogP contribution in [-0.4, -0.2) is 11.2 Å². The number of allylic oxidation sites excluding steroid dienone is 4. The normalized spacial score (nSPS) is 23.2. The van der Waals surface area contributed by atoms with Crippen LogP contribution in [0.4, 0.5) is 0 Å². The summed E-state index contributed by atoms with van der Waals surface area (Å²) >= 11 is 0. The monoisotopic (exact) mass is 220 g/mol. The molecule has 0 saturated carbocycles. The fourth-order valence-corrected chi connectivity index (χ4v) is 2.21. The zero-order valence-corrected chi connectivity index (χ0v) is 10.6. The molecule has 1 nitrogen and oxygen atoms in total. The van der Waals surface area contributed by atoms with Crippen molar-refractivity contribution >= 4 is 0 Å². The first-order valence-electron chi connectivity index (χ1n) is 6.28. The minimum Gasteiger partial charge on any atom is -0.389 e. The number of hydrogen-bond donors (Lipinski definition) is 1. The van der Waals surface area contributed by atoms with Gasteiger partial charge in [-0.3, -0.25) is 0 Å². The van der Waals surface area contributed by atoms with Gasteiger partial charge in [-0.25, -0.2) is 0 Å².